The summed E-state index contributed by atoms with van der Waals surface area (Å²) in [6, 6.07) is 3.41. The summed E-state index contributed by atoms with van der Waals surface area (Å²) < 4.78 is 29.5. The molecule has 2 N–H and O–H groups in total. The zero-order valence-corrected chi connectivity index (χ0v) is 22.8. The summed E-state index contributed by atoms with van der Waals surface area (Å²) in [5, 5.41) is 3.44. The molecule has 12 heteroatoms. The van der Waals surface area contributed by atoms with Crippen molar-refractivity contribution in [3.05, 3.63) is 30.8 Å². The molecule has 31 heavy (non-hydrogen) atoms. The minimum absolute atomic E-state index is 0.107. The van der Waals surface area contributed by atoms with Gasteiger partial charge in [0.15, 0.2) is 0 Å². The Morgan fingerprint density at radius 3 is 2.55 bits per heavy atom. The Morgan fingerprint density at radius 1 is 1.39 bits per heavy atom. The van der Waals surface area contributed by atoms with Crippen molar-refractivity contribution in [2.24, 2.45) is 0 Å². The van der Waals surface area contributed by atoms with E-state index in [1.165, 1.54) is 4.31 Å². The quantitative estimate of drug-likeness (QED) is 0.274. The number of carbonyl (C=O) groups is 2. The predicted molar refractivity (Wildman–Crippen MR) is 132 cm³/mol. The van der Waals surface area contributed by atoms with Gasteiger partial charge in [-0.25, -0.2) is 9.00 Å². The summed E-state index contributed by atoms with van der Waals surface area (Å²) >= 11 is 9.19. The Balaban J connectivity index is 1.88. The third kappa shape index (κ3) is 8.77. The van der Waals surface area contributed by atoms with Gasteiger partial charge in [-0.1, -0.05) is 11.6 Å². The van der Waals surface area contributed by atoms with Crippen molar-refractivity contribution in [3.8, 4) is 0 Å². The lowest BCUT2D eigenvalue weighted by atomic mass is 10.1. The largest absolute Gasteiger partial charge is 0.444 e. The topological polar surface area (TPSA) is 99.2 Å². The van der Waals surface area contributed by atoms with Crippen molar-refractivity contribution in [1.29, 1.82) is 0 Å². The SMILES string of the molecule is CC(C)(C)OC(=O)N1CCC(NC(=O)CN(Cc2cc(Br)c(Cl)cc2I)S(=O)O)CC1. The Labute approximate surface area is 212 Å². The first-order valence-corrected chi connectivity index (χ1v) is 12.9. The summed E-state index contributed by atoms with van der Waals surface area (Å²) in [4.78, 5) is 26.3. The van der Waals surface area contributed by atoms with Crippen LogP contribution in [0.25, 0.3) is 0 Å². The molecular formula is C19H26BrClIN3O5S. The van der Waals surface area contributed by atoms with Gasteiger partial charge in [-0.15, -0.1) is 0 Å². The van der Waals surface area contributed by atoms with Crippen LogP contribution in [-0.4, -0.2) is 61.2 Å². The number of nitrogens with one attached hydrogen (secondary N) is 1. The van der Waals surface area contributed by atoms with E-state index >= 15 is 0 Å². The van der Waals surface area contributed by atoms with Crippen LogP contribution < -0.4 is 5.32 Å². The molecule has 0 aliphatic carbocycles. The molecular weight excluding hydrogens is 625 g/mol. The highest BCUT2D eigenvalue weighted by Gasteiger charge is 2.28. The van der Waals surface area contributed by atoms with E-state index in [1.54, 1.807) is 17.0 Å². The second kappa shape index (κ2) is 11.6. The minimum atomic E-state index is -2.32. The van der Waals surface area contributed by atoms with E-state index in [0.29, 0.717) is 35.4 Å². The number of rotatable bonds is 6. The molecule has 1 aliphatic rings. The first-order valence-electron chi connectivity index (χ1n) is 9.62. The second-order valence-electron chi connectivity index (χ2n) is 8.20. The Morgan fingerprint density at radius 2 is 2.00 bits per heavy atom. The predicted octanol–water partition coefficient (Wildman–Crippen LogP) is 4.16. The summed E-state index contributed by atoms with van der Waals surface area (Å²) in [5.41, 5.74) is 0.223. The van der Waals surface area contributed by atoms with E-state index in [2.05, 4.69) is 43.8 Å². The molecule has 1 fully saturated rings. The fourth-order valence-corrected chi connectivity index (χ4v) is 4.86. The summed E-state index contributed by atoms with van der Waals surface area (Å²) in [7, 11) is 0. The highest BCUT2D eigenvalue weighted by atomic mass is 127. The first-order chi connectivity index (χ1) is 14.4. The summed E-state index contributed by atoms with van der Waals surface area (Å²) in [6.45, 7) is 6.29. The van der Waals surface area contributed by atoms with Gasteiger partial charge in [0.2, 0.25) is 17.2 Å². The van der Waals surface area contributed by atoms with Crippen LogP contribution in [0.5, 0.6) is 0 Å². The Hall–Kier alpha value is -0.470. The number of hydrogen-bond donors (Lipinski definition) is 2. The molecule has 1 unspecified atom stereocenters. The lowest BCUT2D eigenvalue weighted by Gasteiger charge is -2.34. The molecule has 1 saturated heterocycles. The highest BCUT2D eigenvalue weighted by molar-refractivity contribution is 14.1. The van der Waals surface area contributed by atoms with Crippen LogP contribution in [0, 0.1) is 3.57 Å². The van der Waals surface area contributed by atoms with E-state index in [-0.39, 0.29) is 31.1 Å². The van der Waals surface area contributed by atoms with Gasteiger partial charge in [0.25, 0.3) is 0 Å². The molecule has 0 saturated carbocycles. The molecule has 2 amide bonds. The number of amides is 2. The monoisotopic (exact) mass is 649 g/mol. The zero-order chi connectivity index (χ0) is 23.3. The van der Waals surface area contributed by atoms with E-state index in [4.69, 9.17) is 16.3 Å². The zero-order valence-electron chi connectivity index (χ0n) is 17.5. The van der Waals surface area contributed by atoms with Crippen LogP contribution in [0.1, 0.15) is 39.2 Å². The maximum absolute atomic E-state index is 12.5. The number of piperidine rings is 1. The maximum atomic E-state index is 12.5. The fourth-order valence-electron chi connectivity index (χ4n) is 3.01. The number of likely N-dealkylation sites (tertiary alicyclic amines) is 1. The van der Waals surface area contributed by atoms with E-state index in [0.717, 1.165) is 9.13 Å². The second-order valence-corrected chi connectivity index (χ2v) is 11.6. The van der Waals surface area contributed by atoms with Crippen LogP contribution in [0.2, 0.25) is 5.02 Å². The lowest BCUT2D eigenvalue weighted by molar-refractivity contribution is -0.122. The van der Waals surface area contributed by atoms with Crippen LogP contribution >= 0.6 is 50.1 Å². The van der Waals surface area contributed by atoms with Gasteiger partial charge in [0, 0.05) is 33.7 Å². The fraction of sp³-hybridized carbons (Fsp3) is 0.579. The van der Waals surface area contributed by atoms with E-state index in [9.17, 15) is 18.4 Å². The molecule has 2 rings (SSSR count). The Bertz CT molecular complexity index is 847. The maximum Gasteiger partial charge on any atom is 0.410 e. The molecule has 1 atom stereocenters. The van der Waals surface area contributed by atoms with Gasteiger partial charge in [-0.2, -0.15) is 4.31 Å². The smallest absolute Gasteiger partial charge is 0.410 e. The third-order valence-electron chi connectivity index (χ3n) is 4.49. The van der Waals surface area contributed by atoms with E-state index < -0.39 is 16.9 Å². The number of carbonyl (C=O) groups excluding carboxylic acids is 2. The van der Waals surface area contributed by atoms with E-state index in [1.807, 2.05) is 20.8 Å². The van der Waals surface area contributed by atoms with Crippen LogP contribution in [0.4, 0.5) is 4.79 Å². The van der Waals surface area contributed by atoms with Crippen LogP contribution in [0.3, 0.4) is 0 Å². The molecule has 0 bridgehead atoms. The first kappa shape index (κ1) is 26.8. The van der Waals surface area contributed by atoms with Crippen molar-refractivity contribution < 1.29 is 23.1 Å². The van der Waals surface area contributed by atoms with Crippen LogP contribution in [-0.2, 0) is 27.3 Å². The average Bonchev–Trinajstić information content (AvgIpc) is 2.64. The van der Waals surface area contributed by atoms with Crippen molar-refractivity contribution in [2.75, 3.05) is 19.6 Å². The molecule has 1 heterocycles. The van der Waals surface area contributed by atoms with Crippen molar-refractivity contribution in [2.45, 2.75) is 51.8 Å². The van der Waals surface area contributed by atoms with Gasteiger partial charge in [-0.05, 0) is 89.8 Å². The van der Waals surface area contributed by atoms with Gasteiger partial charge >= 0.3 is 6.09 Å². The van der Waals surface area contributed by atoms with Crippen LogP contribution in [0.15, 0.2) is 16.6 Å². The van der Waals surface area contributed by atoms with Crippen molar-refractivity contribution >= 4 is 73.4 Å². The van der Waals surface area contributed by atoms with Gasteiger partial charge in [0.05, 0.1) is 11.6 Å². The number of halogens is 3. The molecule has 0 aromatic heterocycles. The van der Waals surface area contributed by atoms with Gasteiger partial charge < -0.3 is 15.0 Å². The molecule has 0 radical (unpaired) electrons. The lowest BCUT2D eigenvalue weighted by Crippen LogP contribution is -2.49. The third-order valence-corrected chi connectivity index (χ3v) is 7.39. The average molecular weight is 651 g/mol. The normalized spacial score (nSPS) is 16.3. The minimum Gasteiger partial charge on any atom is -0.444 e. The van der Waals surface area contributed by atoms with Gasteiger partial charge in [0.1, 0.15) is 5.60 Å². The number of ether oxygens (including phenoxy) is 1. The summed E-state index contributed by atoms with van der Waals surface area (Å²) in [5.74, 6) is -0.346. The molecule has 1 aliphatic heterocycles. The molecule has 1 aromatic carbocycles. The summed E-state index contributed by atoms with van der Waals surface area (Å²) in [6.07, 6.45) is 0.827. The number of benzene rings is 1. The van der Waals surface area contributed by atoms with Crippen molar-refractivity contribution in [1.82, 2.24) is 14.5 Å². The molecule has 174 valence electrons. The standard InChI is InChI=1S/C19H26BrClIN3O5S/c1-19(2,3)30-18(27)24-6-4-13(5-7-24)23-17(26)11-25(31(28)29)10-12-8-14(20)15(21)9-16(12)22/h8-9,13H,4-7,10-11H2,1-3H3,(H,23,26)(H,28,29). The number of hydrogen-bond acceptors (Lipinski definition) is 4. The number of nitrogens with zero attached hydrogens (tertiary/aromatic N) is 2. The van der Waals surface area contributed by atoms with Crippen molar-refractivity contribution in [3.63, 3.8) is 0 Å². The Kier molecular flexibility index (Phi) is 10.0. The molecule has 1 aromatic rings. The molecule has 8 nitrogen and oxygen atoms in total. The highest BCUT2D eigenvalue weighted by Crippen LogP contribution is 2.28. The van der Waals surface area contributed by atoms with Gasteiger partial charge in [-0.3, -0.25) is 9.35 Å². The molecule has 0 spiro atoms.